The highest BCUT2D eigenvalue weighted by Gasteiger charge is 2.28. The first-order valence-electron chi connectivity index (χ1n) is 10.3. The smallest absolute Gasteiger partial charge is 0.237 e. The van der Waals surface area contributed by atoms with Crippen molar-refractivity contribution in [2.24, 2.45) is 0 Å². The summed E-state index contributed by atoms with van der Waals surface area (Å²) in [6, 6.07) is 0.312. The van der Waals surface area contributed by atoms with Crippen molar-refractivity contribution >= 4 is 21.7 Å². The third-order valence-electron chi connectivity index (χ3n) is 5.61. The molecule has 0 aromatic heterocycles. The Balaban J connectivity index is 1.74. The lowest BCUT2D eigenvalue weighted by Crippen LogP contribution is -2.53. The number of piperazine rings is 1. The first-order chi connectivity index (χ1) is 12.8. The molecule has 0 aliphatic carbocycles. The molecule has 2 fully saturated rings. The van der Waals surface area contributed by atoms with Crippen LogP contribution in [0.5, 0.6) is 0 Å². The summed E-state index contributed by atoms with van der Waals surface area (Å²) >= 11 is 0. The highest BCUT2D eigenvalue weighted by atomic mass is 32.2. The molecule has 8 heteroatoms. The maximum atomic E-state index is 12.5. The van der Waals surface area contributed by atoms with Crippen LogP contribution in [0, 0.1) is 0 Å². The van der Waals surface area contributed by atoms with E-state index in [0.717, 1.165) is 32.2 Å². The van der Waals surface area contributed by atoms with Crippen LogP contribution in [0.2, 0.25) is 0 Å². The number of amides is 2. The third-order valence-corrected chi connectivity index (χ3v) is 7.21. The van der Waals surface area contributed by atoms with Gasteiger partial charge in [0, 0.05) is 38.8 Å². The Morgan fingerprint density at radius 2 is 1.67 bits per heavy atom. The fraction of sp³-hybridized carbons (Fsp3) is 0.895. The van der Waals surface area contributed by atoms with E-state index in [0.29, 0.717) is 45.2 Å². The molecule has 0 aromatic rings. The van der Waals surface area contributed by atoms with Gasteiger partial charge < -0.3 is 9.80 Å². The predicted octanol–water partition coefficient (Wildman–Crippen LogP) is 1.14. The molecule has 0 N–H and O–H groups in total. The Morgan fingerprint density at radius 3 is 2.30 bits per heavy atom. The topological polar surface area (TPSA) is 78.0 Å². The van der Waals surface area contributed by atoms with Gasteiger partial charge in [-0.15, -0.1) is 0 Å². The van der Waals surface area contributed by atoms with Crippen molar-refractivity contribution in [2.75, 3.05) is 50.8 Å². The number of nitrogens with zero attached hydrogens (tertiary/aromatic N) is 3. The first-order valence-corrected chi connectivity index (χ1v) is 12.1. The van der Waals surface area contributed by atoms with Crippen molar-refractivity contribution in [3.63, 3.8) is 0 Å². The van der Waals surface area contributed by atoms with Crippen molar-refractivity contribution in [3.05, 3.63) is 0 Å². The van der Waals surface area contributed by atoms with Crippen molar-refractivity contribution in [2.45, 2.75) is 58.4 Å². The van der Waals surface area contributed by atoms with Crippen LogP contribution in [-0.2, 0) is 19.4 Å². The molecule has 2 heterocycles. The summed E-state index contributed by atoms with van der Waals surface area (Å²) in [6.07, 6.45) is 5.78. The van der Waals surface area contributed by atoms with Gasteiger partial charge >= 0.3 is 0 Å². The number of hydrogen-bond donors (Lipinski definition) is 0. The number of hydrogen-bond acceptors (Lipinski definition) is 5. The predicted molar refractivity (Wildman–Crippen MR) is 106 cm³/mol. The molecule has 0 aromatic carbocycles. The Bertz CT molecular complexity index is 600. The summed E-state index contributed by atoms with van der Waals surface area (Å²) in [5.41, 5.74) is 0. The number of carbonyl (C=O) groups is 2. The minimum absolute atomic E-state index is 0.0923. The van der Waals surface area contributed by atoms with Gasteiger partial charge in [-0.1, -0.05) is 19.8 Å². The molecular weight excluding hydrogens is 366 g/mol. The molecule has 2 rings (SSSR count). The van der Waals surface area contributed by atoms with E-state index >= 15 is 0 Å². The van der Waals surface area contributed by atoms with Crippen LogP contribution in [0.1, 0.15) is 52.4 Å². The van der Waals surface area contributed by atoms with Gasteiger partial charge in [0.15, 0.2) is 9.84 Å². The molecule has 2 saturated heterocycles. The highest BCUT2D eigenvalue weighted by molar-refractivity contribution is 7.92. The van der Waals surface area contributed by atoms with Crippen LogP contribution < -0.4 is 0 Å². The van der Waals surface area contributed by atoms with Gasteiger partial charge in [0.2, 0.25) is 11.8 Å². The van der Waals surface area contributed by atoms with Crippen LogP contribution in [0.3, 0.4) is 0 Å². The molecule has 27 heavy (non-hydrogen) atoms. The minimum Gasteiger partial charge on any atom is -0.339 e. The monoisotopic (exact) mass is 401 g/mol. The summed E-state index contributed by atoms with van der Waals surface area (Å²) < 4.78 is 24.1. The number of piperidine rings is 1. The van der Waals surface area contributed by atoms with Crippen molar-refractivity contribution in [1.82, 2.24) is 14.7 Å². The molecule has 156 valence electrons. The second kappa shape index (κ2) is 10.4. The lowest BCUT2D eigenvalue weighted by molar-refractivity contribution is -0.136. The molecule has 2 aliphatic heterocycles. The van der Waals surface area contributed by atoms with E-state index in [2.05, 4.69) is 11.8 Å². The maximum absolute atomic E-state index is 12.5. The highest BCUT2D eigenvalue weighted by Crippen LogP contribution is 2.17. The van der Waals surface area contributed by atoms with Gasteiger partial charge in [0.25, 0.3) is 0 Å². The van der Waals surface area contributed by atoms with Crippen LogP contribution in [0.4, 0.5) is 0 Å². The molecule has 2 aliphatic rings. The van der Waals surface area contributed by atoms with Crippen LogP contribution in [-0.4, -0.2) is 91.7 Å². The van der Waals surface area contributed by atoms with E-state index < -0.39 is 9.84 Å². The lowest BCUT2D eigenvalue weighted by Gasteiger charge is -2.38. The molecule has 1 atom stereocenters. The largest absolute Gasteiger partial charge is 0.339 e. The summed E-state index contributed by atoms with van der Waals surface area (Å²) in [6.45, 7) is 7.59. The molecule has 7 nitrogen and oxygen atoms in total. The molecule has 2 amide bonds. The zero-order valence-electron chi connectivity index (χ0n) is 16.9. The molecule has 0 saturated carbocycles. The molecule has 1 unspecified atom stereocenters. The lowest BCUT2D eigenvalue weighted by atomic mass is 10.0. The van der Waals surface area contributed by atoms with Crippen molar-refractivity contribution < 1.29 is 18.0 Å². The van der Waals surface area contributed by atoms with E-state index in [1.54, 1.807) is 4.90 Å². The molecular formula is C19H35N3O4S. The standard InChI is InChI=1S/C19H35N3O4S/c1-3-4-7-14-27(25,26)16-19(24)21-12-10-20(11-13-21)15-18(23)22-9-6-5-8-17(22)2/h17H,3-16H2,1-2H3. The SMILES string of the molecule is CCCCCS(=O)(=O)CC(=O)N1CCN(CC(=O)N2CCCCC2C)CC1. The van der Waals surface area contributed by atoms with E-state index in [1.807, 2.05) is 11.8 Å². The molecule has 0 spiro atoms. The van der Waals surface area contributed by atoms with Gasteiger partial charge in [-0.3, -0.25) is 14.5 Å². The van der Waals surface area contributed by atoms with E-state index in [-0.39, 0.29) is 23.3 Å². The van der Waals surface area contributed by atoms with Gasteiger partial charge in [0.05, 0.1) is 12.3 Å². The van der Waals surface area contributed by atoms with E-state index in [9.17, 15) is 18.0 Å². The van der Waals surface area contributed by atoms with Crippen LogP contribution >= 0.6 is 0 Å². The van der Waals surface area contributed by atoms with Gasteiger partial charge in [-0.05, 0) is 32.6 Å². The minimum atomic E-state index is -3.32. The molecule has 0 bridgehead atoms. The quantitative estimate of drug-likeness (QED) is 0.570. The third kappa shape index (κ3) is 7.07. The van der Waals surface area contributed by atoms with E-state index in [4.69, 9.17) is 0 Å². The summed E-state index contributed by atoms with van der Waals surface area (Å²) in [5.74, 6) is -0.432. The van der Waals surface area contributed by atoms with Crippen molar-refractivity contribution in [3.8, 4) is 0 Å². The van der Waals surface area contributed by atoms with Crippen LogP contribution in [0.15, 0.2) is 0 Å². The van der Waals surface area contributed by atoms with E-state index in [1.165, 1.54) is 6.42 Å². The fourth-order valence-corrected chi connectivity index (χ4v) is 5.18. The zero-order valence-corrected chi connectivity index (χ0v) is 17.7. The zero-order chi connectivity index (χ0) is 19.9. The number of unbranched alkanes of at least 4 members (excludes halogenated alkanes) is 2. The van der Waals surface area contributed by atoms with Gasteiger partial charge in [0.1, 0.15) is 5.75 Å². The van der Waals surface area contributed by atoms with Gasteiger partial charge in [-0.25, -0.2) is 8.42 Å². The van der Waals surface area contributed by atoms with Gasteiger partial charge in [-0.2, -0.15) is 0 Å². The fourth-order valence-electron chi connectivity index (χ4n) is 3.83. The Morgan fingerprint density at radius 1 is 0.963 bits per heavy atom. The Hall–Kier alpha value is -1.15. The Kier molecular flexibility index (Phi) is 8.54. The molecule has 0 radical (unpaired) electrons. The van der Waals surface area contributed by atoms with Crippen LogP contribution in [0.25, 0.3) is 0 Å². The summed E-state index contributed by atoms with van der Waals surface area (Å²) in [4.78, 5) is 30.5. The second-order valence-electron chi connectivity index (χ2n) is 7.89. The Labute approximate surface area is 164 Å². The number of carbonyl (C=O) groups excluding carboxylic acids is 2. The summed E-state index contributed by atoms with van der Waals surface area (Å²) in [5, 5.41) is 0. The maximum Gasteiger partial charge on any atom is 0.237 e. The second-order valence-corrected chi connectivity index (χ2v) is 10.1. The number of likely N-dealkylation sites (tertiary alicyclic amines) is 1. The summed E-state index contributed by atoms with van der Waals surface area (Å²) in [7, 11) is -3.32. The first kappa shape index (κ1) is 22.1. The van der Waals surface area contributed by atoms with Crippen molar-refractivity contribution in [1.29, 1.82) is 0 Å². The normalized spacial score (nSPS) is 22.1. The number of sulfone groups is 1. The average molecular weight is 402 g/mol. The number of rotatable bonds is 8. The average Bonchev–Trinajstić information content (AvgIpc) is 2.62.